The van der Waals surface area contributed by atoms with Crippen LogP contribution in [0.15, 0.2) is 24.3 Å². The third kappa shape index (κ3) is 3.56. The van der Waals surface area contributed by atoms with Crippen LogP contribution in [-0.4, -0.2) is 13.4 Å². The highest BCUT2D eigenvalue weighted by atomic mass is 16.7. The van der Waals surface area contributed by atoms with Crippen molar-refractivity contribution in [3.8, 4) is 5.75 Å². The molecule has 0 saturated heterocycles. The van der Waals surface area contributed by atoms with Crippen molar-refractivity contribution >= 4 is 0 Å². The Morgan fingerprint density at radius 1 is 1.33 bits per heavy atom. The van der Waals surface area contributed by atoms with Crippen molar-refractivity contribution in [2.24, 2.45) is 5.92 Å². The number of aryl methyl sites for hydroxylation is 1. The third-order valence-corrected chi connectivity index (χ3v) is 2.67. The van der Waals surface area contributed by atoms with Crippen molar-refractivity contribution < 1.29 is 9.47 Å². The fourth-order valence-corrected chi connectivity index (χ4v) is 1.46. The first-order valence-electron chi connectivity index (χ1n) is 5.68. The highest BCUT2D eigenvalue weighted by Crippen LogP contribution is 2.28. The van der Waals surface area contributed by atoms with Gasteiger partial charge in [-0.3, -0.25) is 0 Å². The van der Waals surface area contributed by atoms with Crippen molar-refractivity contribution in [1.29, 1.82) is 0 Å². The van der Waals surface area contributed by atoms with Crippen molar-refractivity contribution in [2.45, 2.75) is 26.2 Å². The van der Waals surface area contributed by atoms with Crippen molar-refractivity contribution in [2.75, 3.05) is 13.4 Å². The minimum atomic E-state index is 0.379. The number of hydrogen-bond donors (Lipinski definition) is 0. The Kier molecular flexibility index (Phi) is 3.62. The molecule has 2 heteroatoms. The first kappa shape index (κ1) is 10.5. The molecular weight excluding hydrogens is 188 g/mol. The second kappa shape index (κ2) is 5.17. The van der Waals surface area contributed by atoms with Gasteiger partial charge < -0.3 is 9.47 Å². The first-order valence-corrected chi connectivity index (χ1v) is 5.68. The zero-order valence-corrected chi connectivity index (χ0v) is 9.24. The van der Waals surface area contributed by atoms with Crippen LogP contribution in [0.2, 0.25) is 0 Å². The van der Waals surface area contributed by atoms with E-state index in [-0.39, 0.29) is 0 Å². The van der Waals surface area contributed by atoms with Gasteiger partial charge in [-0.15, -0.1) is 0 Å². The Hall–Kier alpha value is -1.02. The van der Waals surface area contributed by atoms with Gasteiger partial charge in [0.15, 0.2) is 6.79 Å². The number of rotatable bonds is 6. The van der Waals surface area contributed by atoms with Gasteiger partial charge in [0.2, 0.25) is 0 Å². The molecule has 2 rings (SSSR count). The summed E-state index contributed by atoms with van der Waals surface area (Å²) in [5.74, 6) is 1.71. The summed E-state index contributed by atoms with van der Waals surface area (Å²) in [4.78, 5) is 0. The van der Waals surface area contributed by atoms with Crippen LogP contribution in [0, 0.1) is 5.92 Å². The molecule has 0 N–H and O–H groups in total. The molecule has 1 aromatic carbocycles. The molecule has 0 spiro atoms. The van der Waals surface area contributed by atoms with E-state index < -0.39 is 0 Å². The maximum Gasteiger partial charge on any atom is 0.189 e. The molecule has 0 radical (unpaired) electrons. The van der Waals surface area contributed by atoms with Gasteiger partial charge in [-0.2, -0.15) is 0 Å². The molecule has 1 saturated carbocycles. The van der Waals surface area contributed by atoms with E-state index in [2.05, 4.69) is 19.1 Å². The molecule has 0 atom stereocenters. The van der Waals surface area contributed by atoms with E-state index in [4.69, 9.17) is 9.47 Å². The van der Waals surface area contributed by atoms with E-state index in [0.29, 0.717) is 6.79 Å². The quantitative estimate of drug-likeness (QED) is 0.526. The highest BCUT2D eigenvalue weighted by molar-refractivity contribution is 5.28. The van der Waals surface area contributed by atoms with Gasteiger partial charge >= 0.3 is 0 Å². The number of benzene rings is 1. The molecule has 0 amide bonds. The van der Waals surface area contributed by atoms with Gasteiger partial charge in [-0.05, 0) is 42.9 Å². The molecule has 0 aliphatic heterocycles. The standard InChI is InChI=1S/C13H18O2/c1-2-11-4-3-5-13(8-11)15-10-14-9-12-6-7-12/h3-5,8,12H,2,6-7,9-10H2,1H3. The molecule has 1 fully saturated rings. The Morgan fingerprint density at radius 2 is 2.20 bits per heavy atom. The van der Waals surface area contributed by atoms with Gasteiger partial charge in [-0.25, -0.2) is 0 Å². The summed E-state index contributed by atoms with van der Waals surface area (Å²) in [6, 6.07) is 8.17. The molecule has 0 aromatic heterocycles. The van der Waals surface area contributed by atoms with E-state index in [1.54, 1.807) is 0 Å². The lowest BCUT2D eigenvalue weighted by atomic mass is 10.2. The van der Waals surface area contributed by atoms with E-state index in [1.165, 1.54) is 18.4 Å². The van der Waals surface area contributed by atoms with Gasteiger partial charge in [0.25, 0.3) is 0 Å². The van der Waals surface area contributed by atoms with Gasteiger partial charge in [0.1, 0.15) is 5.75 Å². The summed E-state index contributed by atoms with van der Waals surface area (Å²) < 4.78 is 10.9. The summed E-state index contributed by atoms with van der Waals surface area (Å²) in [5, 5.41) is 0. The van der Waals surface area contributed by atoms with Crippen LogP contribution in [0.25, 0.3) is 0 Å². The summed E-state index contributed by atoms with van der Waals surface area (Å²) in [5.41, 5.74) is 1.30. The Morgan fingerprint density at radius 3 is 2.93 bits per heavy atom. The Labute approximate surface area is 91.2 Å². The summed E-state index contributed by atoms with van der Waals surface area (Å²) in [6.45, 7) is 3.37. The highest BCUT2D eigenvalue weighted by Gasteiger charge is 2.20. The van der Waals surface area contributed by atoms with Crippen LogP contribution in [0.4, 0.5) is 0 Å². The summed E-state index contributed by atoms with van der Waals surface area (Å²) in [7, 11) is 0. The molecule has 1 aromatic rings. The van der Waals surface area contributed by atoms with Crippen molar-refractivity contribution in [3.05, 3.63) is 29.8 Å². The Balaban J connectivity index is 1.71. The Bertz CT molecular complexity index is 305. The normalized spacial score (nSPS) is 15.3. The lowest BCUT2D eigenvalue weighted by Crippen LogP contribution is -2.05. The molecule has 0 bridgehead atoms. The van der Waals surface area contributed by atoms with E-state index >= 15 is 0 Å². The average molecular weight is 206 g/mol. The maximum absolute atomic E-state index is 5.50. The molecule has 2 nitrogen and oxygen atoms in total. The summed E-state index contributed by atoms with van der Waals surface area (Å²) in [6.07, 6.45) is 3.69. The predicted molar refractivity (Wildman–Crippen MR) is 60.0 cm³/mol. The largest absolute Gasteiger partial charge is 0.468 e. The van der Waals surface area contributed by atoms with Crippen LogP contribution >= 0.6 is 0 Å². The average Bonchev–Trinajstić information content (AvgIpc) is 3.09. The van der Waals surface area contributed by atoms with Crippen molar-refractivity contribution in [1.82, 2.24) is 0 Å². The van der Waals surface area contributed by atoms with Crippen LogP contribution in [-0.2, 0) is 11.2 Å². The minimum absolute atomic E-state index is 0.379. The van der Waals surface area contributed by atoms with Crippen LogP contribution < -0.4 is 4.74 Å². The van der Waals surface area contributed by atoms with Crippen LogP contribution in [0.1, 0.15) is 25.3 Å². The lowest BCUT2D eigenvalue weighted by molar-refractivity contribution is 0.00995. The zero-order valence-electron chi connectivity index (χ0n) is 9.24. The molecule has 1 aliphatic carbocycles. The van der Waals surface area contributed by atoms with Crippen LogP contribution in [0.3, 0.4) is 0 Å². The monoisotopic (exact) mass is 206 g/mol. The summed E-state index contributed by atoms with van der Waals surface area (Å²) >= 11 is 0. The van der Waals surface area contributed by atoms with E-state index in [0.717, 1.165) is 24.7 Å². The fraction of sp³-hybridized carbons (Fsp3) is 0.538. The molecule has 15 heavy (non-hydrogen) atoms. The molecular formula is C13H18O2. The second-order valence-corrected chi connectivity index (χ2v) is 4.08. The van der Waals surface area contributed by atoms with Crippen molar-refractivity contribution in [3.63, 3.8) is 0 Å². The van der Waals surface area contributed by atoms with Crippen LogP contribution in [0.5, 0.6) is 5.75 Å². The molecule has 1 aliphatic rings. The fourth-order valence-electron chi connectivity index (χ4n) is 1.46. The topological polar surface area (TPSA) is 18.5 Å². The predicted octanol–water partition coefficient (Wildman–Crippen LogP) is 3.01. The molecule has 0 heterocycles. The number of ether oxygens (including phenoxy) is 2. The minimum Gasteiger partial charge on any atom is -0.468 e. The smallest absolute Gasteiger partial charge is 0.189 e. The molecule has 0 unspecified atom stereocenters. The number of hydrogen-bond acceptors (Lipinski definition) is 2. The van der Waals surface area contributed by atoms with E-state index in [9.17, 15) is 0 Å². The maximum atomic E-state index is 5.50. The SMILES string of the molecule is CCc1cccc(OCOCC2CC2)c1. The lowest BCUT2D eigenvalue weighted by Gasteiger charge is -2.07. The van der Waals surface area contributed by atoms with E-state index in [1.807, 2.05) is 12.1 Å². The van der Waals surface area contributed by atoms with Gasteiger partial charge in [-0.1, -0.05) is 19.1 Å². The third-order valence-electron chi connectivity index (χ3n) is 2.67. The second-order valence-electron chi connectivity index (χ2n) is 4.08. The van der Waals surface area contributed by atoms with Gasteiger partial charge in [0, 0.05) is 0 Å². The molecule has 82 valence electrons. The van der Waals surface area contributed by atoms with Gasteiger partial charge in [0.05, 0.1) is 6.61 Å². The zero-order chi connectivity index (χ0) is 10.5. The first-order chi connectivity index (χ1) is 7.38.